The van der Waals surface area contributed by atoms with E-state index in [9.17, 15) is 4.79 Å². The highest BCUT2D eigenvalue weighted by molar-refractivity contribution is 7.17. The van der Waals surface area contributed by atoms with Gasteiger partial charge in [0, 0.05) is 17.7 Å². The molecule has 0 bridgehead atoms. The van der Waals surface area contributed by atoms with Crippen molar-refractivity contribution in [1.29, 1.82) is 0 Å². The molecule has 0 aliphatic carbocycles. The summed E-state index contributed by atoms with van der Waals surface area (Å²) in [6.45, 7) is 2.63. The number of carbonyl (C=O) groups excluding carboxylic acids is 1. The molecule has 3 aromatic rings. The topological polar surface area (TPSA) is 60.8 Å². The van der Waals surface area contributed by atoms with Crippen LogP contribution in [0.4, 0.5) is 0 Å². The van der Waals surface area contributed by atoms with Gasteiger partial charge in [0.25, 0.3) is 0 Å². The van der Waals surface area contributed by atoms with Crippen molar-refractivity contribution in [2.45, 2.75) is 13.3 Å². The molecular weight excluding hydrogens is 408 g/mol. The van der Waals surface area contributed by atoms with E-state index in [1.54, 1.807) is 25.5 Å². The molecule has 7 heteroatoms. The van der Waals surface area contributed by atoms with Crippen LogP contribution in [0.1, 0.15) is 26.5 Å². The van der Waals surface area contributed by atoms with Crippen molar-refractivity contribution in [3.05, 3.63) is 63.1 Å². The van der Waals surface area contributed by atoms with Crippen LogP contribution in [0, 0.1) is 6.92 Å². The lowest BCUT2D eigenvalue weighted by molar-refractivity contribution is 0.100. The average Bonchev–Trinajstić information content (AvgIpc) is 3.33. The number of halogens is 1. The van der Waals surface area contributed by atoms with E-state index in [-0.39, 0.29) is 12.3 Å². The quantitative estimate of drug-likeness (QED) is 0.410. The molecule has 0 fully saturated rings. The van der Waals surface area contributed by atoms with E-state index < -0.39 is 0 Å². The van der Waals surface area contributed by atoms with E-state index in [4.69, 9.17) is 21.1 Å². The first-order valence-electron chi connectivity index (χ1n) is 9.15. The van der Waals surface area contributed by atoms with Gasteiger partial charge in [-0.25, -0.2) is 4.98 Å². The van der Waals surface area contributed by atoms with Crippen molar-refractivity contribution in [2.75, 3.05) is 20.3 Å². The average molecular weight is 427 g/mol. The molecule has 5 nitrogen and oxygen atoms in total. The number of hydrogen-bond donors (Lipinski definition) is 0. The van der Waals surface area contributed by atoms with Gasteiger partial charge in [-0.3, -0.25) is 9.79 Å². The molecule has 0 spiro atoms. The van der Waals surface area contributed by atoms with Gasteiger partial charge < -0.3 is 9.47 Å². The summed E-state index contributed by atoms with van der Waals surface area (Å²) in [7, 11) is 1.58. The van der Waals surface area contributed by atoms with Crippen molar-refractivity contribution in [2.24, 2.45) is 4.99 Å². The van der Waals surface area contributed by atoms with Crippen molar-refractivity contribution >= 4 is 34.9 Å². The second-order valence-electron chi connectivity index (χ2n) is 6.64. The van der Waals surface area contributed by atoms with Crippen LogP contribution in [0.2, 0.25) is 5.02 Å². The van der Waals surface area contributed by atoms with Crippen LogP contribution in [-0.2, 0) is 6.42 Å². The fourth-order valence-electron chi connectivity index (χ4n) is 3.20. The second kappa shape index (κ2) is 8.35. The van der Waals surface area contributed by atoms with Crippen LogP contribution in [0.15, 0.2) is 41.4 Å². The van der Waals surface area contributed by atoms with Crippen LogP contribution < -0.4 is 9.47 Å². The number of methoxy groups -OCH3 is 1. The predicted octanol–water partition coefficient (Wildman–Crippen LogP) is 5.02. The van der Waals surface area contributed by atoms with Gasteiger partial charge >= 0.3 is 0 Å². The minimum absolute atomic E-state index is 0.0556. The molecule has 4 rings (SSSR count). The lowest BCUT2D eigenvalue weighted by Gasteiger charge is -2.05. The molecule has 0 atom stereocenters. The normalized spacial score (nSPS) is 12.8. The van der Waals surface area contributed by atoms with Gasteiger partial charge in [-0.2, -0.15) is 0 Å². The number of aliphatic imine (C=N–C) groups is 1. The maximum atomic E-state index is 12.7. The van der Waals surface area contributed by atoms with E-state index in [0.717, 1.165) is 34.9 Å². The molecule has 1 aliphatic rings. The van der Waals surface area contributed by atoms with Crippen molar-refractivity contribution < 1.29 is 14.3 Å². The van der Waals surface area contributed by atoms with E-state index >= 15 is 0 Å². The minimum atomic E-state index is -0.0556. The molecule has 0 amide bonds. The number of rotatable bonds is 6. The second-order valence-corrected chi connectivity index (χ2v) is 8.07. The standard InChI is InChI=1S/C22H19ClN2O3S/c1-13-21(29-22(25-13)17-5-4-16(23)10-20(17)27-2)18(26)12-24-11-14-3-6-19-15(9-14)7-8-28-19/h3-6,9-11H,7-8,12H2,1-2H3. The highest BCUT2D eigenvalue weighted by Gasteiger charge is 2.18. The van der Waals surface area contributed by atoms with E-state index in [2.05, 4.69) is 16.0 Å². The van der Waals surface area contributed by atoms with Crippen molar-refractivity contribution in [3.63, 3.8) is 0 Å². The first kappa shape index (κ1) is 19.6. The van der Waals surface area contributed by atoms with Crippen molar-refractivity contribution in [3.8, 4) is 22.1 Å². The van der Waals surface area contributed by atoms with Crippen LogP contribution in [0.25, 0.3) is 10.6 Å². The maximum Gasteiger partial charge on any atom is 0.196 e. The summed E-state index contributed by atoms with van der Waals surface area (Å²) in [5.74, 6) is 1.51. The van der Waals surface area contributed by atoms with Crippen molar-refractivity contribution in [1.82, 2.24) is 4.98 Å². The zero-order chi connectivity index (χ0) is 20.4. The Morgan fingerprint density at radius 3 is 3.03 bits per heavy atom. The smallest absolute Gasteiger partial charge is 0.196 e. The number of aryl methyl sites for hydroxylation is 1. The minimum Gasteiger partial charge on any atom is -0.496 e. The number of nitrogens with zero attached hydrogens (tertiary/aromatic N) is 2. The van der Waals surface area contributed by atoms with Gasteiger partial charge in [0.1, 0.15) is 23.1 Å². The summed E-state index contributed by atoms with van der Waals surface area (Å²) in [6, 6.07) is 11.3. The Morgan fingerprint density at radius 2 is 2.21 bits per heavy atom. The van der Waals surface area contributed by atoms with Crippen LogP contribution in [0.3, 0.4) is 0 Å². The SMILES string of the molecule is COc1cc(Cl)ccc1-c1nc(C)c(C(=O)CN=Cc2ccc3c(c2)CCO3)s1. The number of fused-ring (bicyclic) bond motifs is 1. The number of Topliss-reactive ketones (excluding diaryl/α,β-unsaturated/α-hetero) is 1. The summed E-state index contributed by atoms with van der Waals surface area (Å²) in [6.07, 6.45) is 2.64. The first-order chi connectivity index (χ1) is 14.0. The Kier molecular flexibility index (Phi) is 5.65. The summed E-state index contributed by atoms with van der Waals surface area (Å²) in [5, 5.41) is 1.31. The molecule has 0 radical (unpaired) electrons. The van der Waals surface area contributed by atoms with Crippen LogP contribution >= 0.6 is 22.9 Å². The van der Waals surface area contributed by atoms with Gasteiger partial charge in [-0.15, -0.1) is 11.3 Å². The fourth-order valence-corrected chi connectivity index (χ4v) is 4.39. The lowest BCUT2D eigenvalue weighted by Crippen LogP contribution is -2.03. The maximum absolute atomic E-state index is 12.7. The Hall–Kier alpha value is -2.70. The number of thiazole rings is 1. The van der Waals surface area contributed by atoms with Crippen LogP contribution in [-0.4, -0.2) is 37.2 Å². The molecule has 0 saturated heterocycles. The van der Waals surface area contributed by atoms with Gasteiger partial charge in [-0.1, -0.05) is 11.6 Å². The van der Waals surface area contributed by atoms with E-state index in [1.165, 1.54) is 16.9 Å². The molecule has 2 aromatic carbocycles. The number of carbonyl (C=O) groups is 1. The van der Waals surface area contributed by atoms with Gasteiger partial charge in [-0.05, 0) is 54.4 Å². The fraction of sp³-hybridized carbons (Fsp3) is 0.227. The first-order valence-corrected chi connectivity index (χ1v) is 10.3. The third kappa shape index (κ3) is 4.18. The largest absolute Gasteiger partial charge is 0.496 e. The molecule has 148 valence electrons. The Bertz CT molecular complexity index is 1110. The highest BCUT2D eigenvalue weighted by atomic mass is 35.5. The Morgan fingerprint density at radius 1 is 1.34 bits per heavy atom. The number of hydrogen-bond acceptors (Lipinski definition) is 6. The Labute approximate surface area is 178 Å². The van der Waals surface area contributed by atoms with Gasteiger partial charge in [0.15, 0.2) is 5.78 Å². The number of ketones is 1. The summed E-state index contributed by atoms with van der Waals surface area (Å²) >= 11 is 7.38. The highest BCUT2D eigenvalue weighted by Crippen LogP contribution is 2.36. The molecule has 29 heavy (non-hydrogen) atoms. The third-order valence-corrected chi connectivity index (χ3v) is 6.10. The number of aromatic nitrogens is 1. The molecule has 0 N–H and O–H groups in total. The predicted molar refractivity (Wildman–Crippen MR) is 116 cm³/mol. The molecule has 2 heterocycles. The lowest BCUT2D eigenvalue weighted by atomic mass is 10.1. The van der Waals surface area contributed by atoms with E-state index in [0.29, 0.717) is 21.3 Å². The summed E-state index contributed by atoms with van der Waals surface area (Å²) < 4.78 is 10.9. The van der Waals surface area contributed by atoms with Crippen LogP contribution in [0.5, 0.6) is 11.5 Å². The molecule has 1 aromatic heterocycles. The monoisotopic (exact) mass is 426 g/mol. The Balaban J connectivity index is 1.50. The third-order valence-electron chi connectivity index (χ3n) is 4.63. The van der Waals surface area contributed by atoms with Gasteiger partial charge in [0.05, 0.1) is 29.9 Å². The molecule has 0 saturated carbocycles. The molecule has 0 unspecified atom stereocenters. The molecular formula is C22H19ClN2O3S. The van der Waals surface area contributed by atoms with E-state index in [1.807, 2.05) is 25.1 Å². The summed E-state index contributed by atoms with van der Waals surface area (Å²) in [4.78, 5) is 22.2. The van der Waals surface area contributed by atoms with Gasteiger partial charge in [0.2, 0.25) is 0 Å². The number of benzene rings is 2. The summed E-state index contributed by atoms with van der Waals surface area (Å²) in [5.41, 5.74) is 3.65. The number of ether oxygens (including phenoxy) is 2. The zero-order valence-electron chi connectivity index (χ0n) is 16.1. The zero-order valence-corrected chi connectivity index (χ0v) is 17.6. The molecule has 1 aliphatic heterocycles.